The van der Waals surface area contributed by atoms with Gasteiger partial charge in [0, 0.05) is 0 Å². The summed E-state index contributed by atoms with van der Waals surface area (Å²) in [5.74, 6) is -0.167. The van der Waals surface area contributed by atoms with Crippen molar-refractivity contribution in [2.75, 3.05) is 0 Å². The first-order valence-corrected chi connectivity index (χ1v) is 3.75. The lowest BCUT2D eigenvalue weighted by Gasteiger charge is -2.07. The summed E-state index contributed by atoms with van der Waals surface area (Å²) in [7, 11) is 0. The molecule has 1 heterocycles. The van der Waals surface area contributed by atoms with Crippen molar-refractivity contribution < 1.29 is 22.7 Å². The number of aliphatic hydroxyl groups excluding tert-OH is 1. The quantitative estimate of drug-likeness (QED) is 0.743. The van der Waals surface area contributed by atoms with E-state index in [2.05, 4.69) is 4.42 Å². The molecule has 0 spiro atoms. The fourth-order valence-corrected chi connectivity index (χ4v) is 1.10. The molecular formula is C8H6F3NO3. The van der Waals surface area contributed by atoms with Gasteiger partial charge in [0.1, 0.15) is 6.61 Å². The summed E-state index contributed by atoms with van der Waals surface area (Å²) >= 11 is 0. The van der Waals surface area contributed by atoms with Crippen LogP contribution in [0.5, 0.6) is 0 Å². The minimum absolute atomic E-state index is 0.256. The van der Waals surface area contributed by atoms with E-state index < -0.39 is 36.5 Å². The van der Waals surface area contributed by atoms with E-state index in [1.165, 1.54) is 0 Å². The molecule has 0 atom stereocenters. The normalized spacial score (nSPS) is 11.4. The van der Waals surface area contributed by atoms with Crippen LogP contribution in [0.1, 0.15) is 11.5 Å². The molecule has 0 bridgehead atoms. The lowest BCUT2D eigenvalue weighted by Crippen LogP contribution is -2.22. The van der Waals surface area contributed by atoms with Crippen molar-refractivity contribution in [1.29, 1.82) is 0 Å². The van der Waals surface area contributed by atoms with Gasteiger partial charge in [-0.2, -0.15) is 13.2 Å². The summed E-state index contributed by atoms with van der Waals surface area (Å²) in [6, 6.07) is 0. The summed E-state index contributed by atoms with van der Waals surface area (Å²) in [5, 5.41) is 8.59. The smallest absolute Gasteiger partial charge is 0.410 e. The zero-order chi connectivity index (χ0) is 11.6. The highest BCUT2D eigenvalue weighted by Gasteiger charge is 2.40. The Bertz CT molecular complexity index is 449. The maximum absolute atomic E-state index is 12.4. The maximum Gasteiger partial charge on any atom is 0.435 e. The predicted octanol–water partition coefficient (Wildman–Crippen LogP) is 0.586. The lowest BCUT2D eigenvalue weighted by molar-refractivity contribution is -0.145. The molecule has 1 aromatic heterocycles. The second-order valence-corrected chi connectivity index (χ2v) is 2.59. The molecule has 1 N–H and O–H groups in total. The highest BCUT2D eigenvalue weighted by molar-refractivity contribution is 5.14. The van der Waals surface area contributed by atoms with Gasteiger partial charge in [0.2, 0.25) is 0 Å². The number of terminal acetylenes is 1. The minimum atomic E-state index is -4.79. The zero-order valence-corrected chi connectivity index (χ0v) is 7.34. The van der Waals surface area contributed by atoms with Gasteiger partial charge >= 0.3 is 11.9 Å². The Balaban J connectivity index is 3.44. The number of aliphatic hydroxyl groups is 1. The standard InChI is InChI=1S/C8H6F3NO3/c1-2-3-12-6(8(9,10)11)5(4-13)15-7(12)14/h1,13H,3-4H2. The number of nitrogens with zero attached hydrogens (tertiary/aromatic N) is 1. The molecule has 4 nitrogen and oxygen atoms in total. The maximum atomic E-state index is 12.4. The van der Waals surface area contributed by atoms with E-state index in [-0.39, 0.29) is 4.57 Å². The van der Waals surface area contributed by atoms with Crippen molar-refractivity contribution in [2.24, 2.45) is 0 Å². The predicted molar refractivity (Wildman–Crippen MR) is 42.7 cm³/mol. The molecule has 0 fully saturated rings. The molecule has 0 aliphatic carbocycles. The fourth-order valence-electron chi connectivity index (χ4n) is 1.10. The molecule has 7 heteroatoms. The largest absolute Gasteiger partial charge is 0.435 e. The number of hydrogen-bond acceptors (Lipinski definition) is 3. The van der Waals surface area contributed by atoms with Gasteiger partial charge in [-0.15, -0.1) is 6.42 Å². The third-order valence-electron chi connectivity index (χ3n) is 1.63. The van der Waals surface area contributed by atoms with Crippen LogP contribution in [-0.2, 0) is 19.3 Å². The van der Waals surface area contributed by atoms with Crippen molar-refractivity contribution >= 4 is 0 Å². The van der Waals surface area contributed by atoms with Crippen molar-refractivity contribution in [3.63, 3.8) is 0 Å². The highest BCUT2D eigenvalue weighted by atomic mass is 19.4. The molecule has 0 aliphatic heterocycles. The van der Waals surface area contributed by atoms with Gasteiger partial charge in [0.25, 0.3) is 0 Å². The first kappa shape index (κ1) is 11.4. The van der Waals surface area contributed by atoms with Crippen LogP contribution < -0.4 is 5.76 Å². The van der Waals surface area contributed by atoms with E-state index >= 15 is 0 Å². The summed E-state index contributed by atoms with van der Waals surface area (Å²) in [5.41, 5.74) is -1.34. The van der Waals surface area contributed by atoms with Gasteiger partial charge < -0.3 is 9.52 Å². The van der Waals surface area contributed by atoms with Crippen LogP contribution in [-0.4, -0.2) is 9.67 Å². The summed E-state index contributed by atoms with van der Waals surface area (Å²) in [6.07, 6.45) is 0.0205. The molecule has 0 saturated carbocycles. The Labute approximate surface area is 81.9 Å². The number of aromatic nitrogens is 1. The van der Waals surface area contributed by atoms with Gasteiger partial charge in [-0.1, -0.05) is 5.92 Å². The summed E-state index contributed by atoms with van der Waals surface area (Å²) in [6.45, 7) is -1.57. The molecule has 0 radical (unpaired) electrons. The van der Waals surface area contributed by atoms with Gasteiger partial charge in [-0.05, 0) is 0 Å². The summed E-state index contributed by atoms with van der Waals surface area (Å²) < 4.78 is 41.8. The topological polar surface area (TPSA) is 55.4 Å². The Hall–Kier alpha value is -1.68. The minimum Gasteiger partial charge on any atom is -0.410 e. The Morgan fingerprint density at radius 3 is 2.53 bits per heavy atom. The molecule has 0 aliphatic rings. The molecule has 0 amide bonds. The van der Waals surface area contributed by atoms with Crippen LogP contribution in [0.4, 0.5) is 13.2 Å². The van der Waals surface area contributed by atoms with E-state index in [4.69, 9.17) is 11.5 Å². The van der Waals surface area contributed by atoms with Crippen molar-refractivity contribution in [1.82, 2.24) is 4.57 Å². The number of oxazole rings is 1. The van der Waals surface area contributed by atoms with Crippen LogP contribution in [0, 0.1) is 12.3 Å². The van der Waals surface area contributed by atoms with Gasteiger partial charge in [0.05, 0.1) is 6.54 Å². The molecule has 1 aromatic rings. The van der Waals surface area contributed by atoms with E-state index in [0.29, 0.717) is 0 Å². The average Bonchev–Trinajstić information content (AvgIpc) is 2.43. The molecule has 15 heavy (non-hydrogen) atoms. The highest BCUT2D eigenvalue weighted by Crippen LogP contribution is 2.31. The van der Waals surface area contributed by atoms with Crippen molar-refractivity contribution in [3.8, 4) is 12.3 Å². The van der Waals surface area contributed by atoms with E-state index in [1.54, 1.807) is 0 Å². The molecular weight excluding hydrogens is 215 g/mol. The molecule has 1 rings (SSSR count). The SMILES string of the molecule is C#CCn1c(C(F)(F)F)c(CO)oc1=O. The molecule has 0 saturated heterocycles. The number of rotatable bonds is 2. The van der Waals surface area contributed by atoms with Crippen LogP contribution in [0.25, 0.3) is 0 Å². The van der Waals surface area contributed by atoms with Gasteiger partial charge in [-0.25, -0.2) is 4.79 Å². The summed E-state index contributed by atoms with van der Waals surface area (Å²) in [4.78, 5) is 10.9. The van der Waals surface area contributed by atoms with Crippen LogP contribution in [0.3, 0.4) is 0 Å². The lowest BCUT2D eigenvalue weighted by atomic mass is 10.3. The van der Waals surface area contributed by atoms with Gasteiger partial charge in [0.15, 0.2) is 11.5 Å². The van der Waals surface area contributed by atoms with Crippen molar-refractivity contribution in [2.45, 2.75) is 19.3 Å². The number of halogens is 3. The third-order valence-corrected chi connectivity index (χ3v) is 1.63. The first-order valence-electron chi connectivity index (χ1n) is 3.75. The van der Waals surface area contributed by atoms with Crippen molar-refractivity contribution in [3.05, 3.63) is 22.0 Å². The van der Waals surface area contributed by atoms with Crippen LogP contribution in [0.15, 0.2) is 9.21 Å². The van der Waals surface area contributed by atoms with Gasteiger partial charge in [-0.3, -0.25) is 4.57 Å². The first-order chi connectivity index (χ1) is 6.91. The second-order valence-electron chi connectivity index (χ2n) is 2.59. The van der Waals surface area contributed by atoms with Crippen LogP contribution in [0.2, 0.25) is 0 Å². The Morgan fingerprint density at radius 1 is 1.53 bits per heavy atom. The fraction of sp³-hybridized carbons (Fsp3) is 0.375. The van der Waals surface area contributed by atoms with E-state index in [0.717, 1.165) is 0 Å². The Kier molecular flexibility index (Phi) is 2.90. The van der Waals surface area contributed by atoms with Crippen LogP contribution >= 0.6 is 0 Å². The number of hydrogen-bond donors (Lipinski definition) is 1. The molecule has 0 unspecified atom stereocenters. The average molecular weight is 221 g/mol. The second kappa shape index (κ2) is 3.82. The van der Waals surface area contributed by atoms with E-state index in [9.17, 15) is 18.0 Å². The monoisotopic (exact) mass is 221 g/mol. The number of alkyl halides is 3. The molecule has 82 valence electrons. The molecule has 0 aromatic carbocycles. The Morgan fingerprint density at radius 2 is 2.13 bits per heavy atom. The van der Waals surface area contributed by atoms with E-state index in [1.807, 2.05) is 5.92 Å². The third kappa shape index (κ3) is 2.05. The zero-order valence-electron chi connectivity index (χ0n) is 7.34.